The van der Waals surface area contributed by atoms with E-state index in [4.69, 9.17) is 0 Å². The van der Waals surface area contributed by atoms with Crippen molar-refractivity contribution in [1.29, 1.82) is 0 Å². The largest absolute Gasteiger partial charge is 0.346 e. The minimum Gasteiger partial charge on any atom is -0.346 e. The number of hydrogen-bond acceptors (Lipinski definition) is 3. The Balaban J connectivity index is 2.29. The van der Waals surface area contributed by atoms with Crippen LogP contribution in [0.4, 0.5) is 0 Å². The van der Waals surface area contributed by atoms with E-state index >= 15 is 0 Å². The van der Waals surface area contributed by atoms with Gasteiger partial charge in [0.25, 0.3) is 0 Å². The third-order valence-corrected chi connectivity index (χ3v) is 2.39. The van der Waals surface area contributed by atoms with Crippen molar-refractivity contribution in [3.05, 3.63) is 12.2 Å². The summed E-state index contributed by atoms with van der Waals surface area (Å²) in [5, 5.41) is 6.30. The van der Waals surface area contributed by atoms with Crippen LogP contribution in [-0.2, 0) is 9.59 Å². The third-order valence-electron chi connectivity index (χ3n) is 2.39. The molecule has 5 nitrogen and oxygen atoms in total. The molecule has 0 fully saturated rings. The zero-order chi connectivity index (χ0) is 12.7. The topological polar surface area (TPSA) is 70.6 Å². The quantitative estimate of drug-likeness (QED) is 0.332. The van der Waals surface area contributed by atoms with Crippen LogP contribution in [-0.4, -0.2) is 24.1 Å². The maximum atomic E-state index is 11.3. The van der Waals surface area contributed by atoms with Gasteiger partial charge in [-0.1, -0.05) is 12.2 Å². The van der Waals surface area contributed by atoms with Crippen LogP contribution in [0.1, 0.15) is 33.1 Å². The molecule has 1 rings (SSSR count). The molecule has 0 unspecified atom stereocenters. The van der Waals surface area contributed by atoms with Crippen molar-refractivity contribution in [3.63, 3.8) is 0 Å². The molecule has 1 atom stereocenters. The summed E-state index contributed by atoms with van der Waals surface area (Å²) in [6.45, 7) is 3.59. The highest BCUT2D eigenvalue weighted by atomic mass is 16.2. The molecule has 0 spiro atoms. The van der Waals surface area contributed by atoms with Gasteiger partial charge in [-0.15, -0.1) is 0 Å². The number of hydrazone groups is 1. The van der Waals surface area contributed by atoms with Crippen molar-refractivity contribution in [2.75, 3.05) is 0 Å². The van der Waals surface area contributed by atoms with E-state index in [9.17, 15) is 9.59 Å². The van der Waals surface area contributed by atoms with E-state index in [-0.39, 0.29) is 6.04 Å². The van der Waals surface area contributed by atoms with Gasteiger partial charge < -0.3 is 5.32 Å². The summed E-state index contributed by atoms with van der Waals surface area (Å²) in [6.07, 6.45) is 8.96. The third kappa shape index (κ3) is 5.29. The molecule has 94 valence electrons. The second-order valence-electron chi connectivity index (χ2n) is 4.39. The van der Waals surface area contributed by atoms with Gasteiger partial charge in [-0.2, -0.15) is 5.10 Å². The molecule has 0 aromatic heterocycles. The van der Waals surface area contributed by atoms with Crippen LogP contribution in [0.25, 0.3) is 0 Å². The highest BCUT2D eigenvalue weighted by Gasteiger charge is 2.13. The Morgan fingerprint density at radius 1 is 1.35 bits per heavy atom. The number of carbonyl (C=O) groups excluding carboxylic acids is 2. The maximum Gasteiger partial charge on any atom is 0.329 e. The predicted molar refractivity (Wildman–Crippen MR) is 66.4 cm³/mol. The number of rotatable bonds is 3. The second kappa shape index (κ2) is 6.83. The SMILES string of the molecule is CC(C)NC(=O)C(=O)N/N=C\[C@H]1CC=CCC1. The van der Waals surface area contributed by atoms with Crippen LogP contribution >= 0.6 is 0 Å². The molecule has 0 radical (unpaired) electrons. The minimum atomic E-state index is -0.721. The number of carbonyl (C=O) groups is 2. The molecule has 0 heterocycles. The van der Waals surface area contributed by atoms with E-state index in [0.717, 1.165) is 19.3 Å². The van der Waals surface area contributed by atoms with Crippen LogP contribution in [0, 0.1) is 5.92 Å². The average Bonchev–Trinajstić information content (AvgIpc) is 2.29. The molecular formula is C12H19N3O2. The molecule has 0 aliphatic heterocycles. The van der Waals surface area contributed by atoms with Gasteiger partial charge in [-0.25, -0.2) is 5.43 Å². The first-order valence-corrected chi connectivity index (χ1v) is 5.88. The van der Waals surface area contributed by atoms with Gasteiger partial charge in [0.1, 0.15) is 0 Å². The fourth-order valence-corrected chi connectivity index (χ4v) is 1.53. The van der Waals surface area contributed by atoms with Crippen molar-refractivity contribution >= 4 is 18.0 Å². The van der Waals surface area contributed by atoms with Gasteiger partial charge in [-0.05, 0) is 39.0 Å². The summed E-state index contributed by atoms with van der Waals surface area (Å²) >= 11 is 0. The number of nitrogens with zero attached hydrogens (tertiary/aromatic N) is 1. The molecule has 1 aliphatic rings. The van der Waals surface area contributed by atoms with Crippen molar-refractivity contribution in [2.24, 2.45) is 11.0 Å². The van der Waals surface area contributed by atoms with Crippen molar-refractivity contribution in [2.45, 2.75) is 39.2 Å². The number of nitrogens with one attached hydrogen (secondary N) is 2. The fraction of sp³-hybridized carbons (Fsp3) is 0.583. The molecule has 17 heavy (non-hydrogen) atoms. The highest BCUT2D eigenvalue weighted by molar-refractivity contribution is 6.35. The fourth-order valence-electron chi connectivity index (χ4n) is 1.53. The van der Waals surface area contributed by atoms with E-state index in [2.05, 4.69) is 28.0 Å². The van der Waals surface area contributed by atoms with Gasteiger partial charge in [-0.3, -0.25) is 9.59 Å². The molecule has 0 aromatic carbocycles. The smallest absolute Gasteiger partial charge is 0.329 e. The lowest BCUT2D eigenvalue weighted by molar-refractivity contribution is -0.139. The molecule has 2 amide bonds. The molecule has 2 N–H and O–H groups in total. The number of amides is 2. The predicted octanol–water partition coefficient (Wildman–Crippen LogP) is 0.969. The van der Waals surface area contributed by atoms with E-state index in [1.165, 1.54) is 0 Å². The van der Waals surface area contributed by atoms with E-state index in [1.54, 1.807) is 20.1 Å². The lowest BCUT2D eigenvalue weighted by Crippen LogP contribution is -2.41. The van der Waals surface area contributed by atoms with Crippen LogP contribution < -0.4 is 10.7 Å². The molecule has 0 saturated heterocycles. The number of allylic oxidation sites excluding steroid dienone is 2. The first-order valence-electron chi connectivity index (χ1n) is 5.88. The Morgan fingerprint density at radius 2 is 2.12 bits per heavy atom. The molecule has 0 bridgehead atoms. The van der Waals surface area contributed by atoms with Crippen molar-refractivity contribution < 1.29 is 9.59 Å². The van der Waals surface area contributed by atoms with Crippen molar-refractivity contribution in [1.82, 2.24) is 10.7 Å². The Morgan fingerprint density at radius 3 is 2.71 bits per heavy atom. The zero-order valence-electron chi connectivity index (χ0n) is 10.3. The van der Waals surface area contributed by atoms with Crippen molar-refractivity contribution in [3.8, 4) is 0 Å². The number of hydrogen-bond donors (Lipinski definition) is 2. The van der Waals surface area contributed by atoms with Crippen LogP contribution in [0.2, 0.25) is 0 Å². The average molecular weight is 237 g/mol. The van der Waals surface area contributed by atoms with Crippen LogP contribution in [0.3, 0.4) is 0 Å². The Kier molecular flexibility index (Phi) is 5.39. The summed E-state index contributed by atoms with van der Waals surface area (Å²) < 4.78 is 0. The standard InChI is InChI=1S/C12H19N3O2/c1-9(2)14-11(16)12(17)15-13-8-10-6-4-3-5-7-10/h3-4,8-10H,5-7H2,1-2H3,(H,14,16)(H,15,17)/b13-8-/t10-/m0/s1. The van der Waals surface area contributed by atoms with E-state index in [1.807, 2.05) is 0 Å². The molecule has 5 heteroatoms. The Bertz CT molecular complexity index is 335. The lowest BCUT2D eigenvalue weighted by atomic mass is 9.96. The van der Waals surface area contributed by atoms with Gasteiger partial charge >= 0.3 is 11.8 Å². The Labute approximate surface area is 101 Å². The minimum absolute atomic E-state index is 0.0549. The lowest BCUT2D eigenvalue weighted by Gasteiger charge is -2.11. The molecule has 0 saturated carbocycles. The summed E-state index contributed by atoms with van der Waals surface area (Å²) in [4.78, 5) is 22.5. The summed E-state index contributed by atoms with van der Waals surface area (Å²) in [5.74, 6) is -1.02. The monoisotopic (exact) mass is 237 g/mol. The summed E-state index contributed by atoms with van der Waals surface area (Å²) in [5.41, 5.74) is 2.23. The van der Waals surface area contributed by atoms with Gasteiger partial charge in [0.2, 0.25) is 0 Å². The molecule has 0 aromatic rings. The van der Waals surface area contributed by atoms with Gasteiger partial charge in [0.05, 0.1) is 0 Å². The van der Waals surface area contributed by atoms with E-state index in [0.29, 0.717) is 5.92 Å². The summed E-state index contributed by atoms with van der Waals surface area (Å²) in [6, 6.07) is -0.0549. The summed E-state index contributed by atoms with van der Waals surface area (Å²) in [7, 11) is 0. The Hall–Kier alpha value is -1.65. The van der Waals surface area contributed by atoms with E-state index < -0.39 is 11.8 Å². The zero-order valence-corrected chi connectivity index (χ0v) is 10.3. The highest BCUT2D eigenvalue weighted by Crippen LogP contribution is 2.15. The van der Waals surface area contributed by atoms with Crippen LogP contribution in [0.5, 0.6) is 0 Å². The molecule has 1 aliphatic carbocycles. The first-order chi connectivity index (χ1) is 8.09. The first kappa shape index (κ1) is 13.4. The van der Waals surface area contributed by atoms with Crippen LogP contribution in [0.15, 0.2) is 17.3 Å². The maximum absolute atomic E-state index is 11.3. The second-order valence-corrected chi connectivity index (χ2v) is 4.39. The van der Waals surface area contributed by atoms with Gasteiger partial charge in [0, 0.05) is 12.3 Å². The molecular weight excluding hydrogens is 218 g/mol. The van der Waals surface area contributed by atoms with Gasteiger partial charge in [0.15, 0.2) is 0 Å². The normalized spacial score (nSPS) is 19.6.